The van der Waals surface area contributed by atoms with Gasteiger partial charge >= 0.3 is 11.9 Å². The monoisotopic (exact) mass is 256 g/mol. The van der Waals surface area contributed by atoms with Crippen LogP contribution < -0.4 is 0 Å². The molecule has 1 aliphatic rings. The second-order valence-corrected chi connectivity index (χ2v) is 5.46. The van der Waals surface area contributed by atoms with Crippen molar-refractivity contribution in [2.75, 3.05) is 6.61 Å². The lowest BCUT2D eigenvalue weighted by Gasteiger charge is -2.33. The maximum atomic E-state index is 12.3. The highest BCUT2D eigenvalue weighted by Crippen LogP contribution is 2.46. The van der Waals surface area contributed by atoms with Crippen LogP contribution in [0, 0.1) is 11.3 Å². The Morgan fingerprint density at radius 2 is 2.06 bits per heavy atom. The zero-order valence-electron chi connectivity index (χ0n) is 11.8. The molecule has 1 aliphatic carbocycles. The lowest BCUT2D eigenvalue weighted by atomic mass is 9.76. The van der Waals surface area contributed by atoms with Crippen LogP contribution in [0.5, 0.6) is 0 Å². The van der Waals surface area contributed by atoms with Crippen molar-refractivity contribution in [1.82, 2.24) is 0 Å². The molecule has 104 valence electrons. The number of hydrogen-bond acceptors (Lipinski definition) is 4. The summed E-state index contributed by atoms with van der Waals surface area (Å²) in [6.07, 6.45) is 2.80. The maximum Gasteiger partial charge on any atom is 0.315 e. The minimum atomic E-state index is -0.629. The Morgan fingerprint density at radius 3 is 2.56 bits per heavy atom. The van der Waals surface area contributed by atoms with E-state index in [0.717, 1.165) is 19.3 Å². The lowest BCUT2D eigenvalue weighted by molar-refractivity contribution is -0.170. The van der Waals surface area contributed by atoms with Crippen LogP contribution in [0.2, 0.25) is 0 Å². The molecule has 2 atom stereocenters. The molecule has 4 nitrogen and oxygen atoms in total. The number of rotatable bonds is 5. The minimum absolute atomic E-state index is 0.206. The summed E-state index contributed by atoms with van der Waals surface area (Å²) >= 11 is 0. The largest absolute Gasteiger partial charge is 0.465 e. The van der Waals surface area contributed by atoms with Gasteiger partial charge < -0.3 is 9.47 Å². The average molecular weight is 256 g/mol. The van der Waals surface area contributed by atoms with E-state index in [1.54, 1.807) is 6.92 Å². The van der Waals surface area contributed by atoms with Crippen molar-refractivity contribution in [3.05, 3.63) is 0 Å². The molecular weight excluding hydrogens is 232 g/mol. The van der Waals surface area contributed by atoms with Gasteiger partial charge in [-0.2, -0.15) is 0 Å². The third-order valence-electron chi connectivity index (χ3n) is 3.47. The summed E-state index contributed by atoms with van der Waals surface area (Å²) < 4.78 is 10.6. The van der Waals surface area contributed by atoms with Gasteiger partial charge in [-0.3, -0.25) is 9.59 Å². The van der Waals surface area contributed by atoms with Crippen LogP contribution in [0.3, 0.4) is 0 Å². The van der Waals surface area contributed by atoms with Gasteiger partial charge in [0, 0.05) is 6.92 Å². The molecule has 0 amide bonds. The first-order valence-electron chi connectivity index (χ1n) is 6.76. The number of ether oxygens (including phenoxy) is 2. The molecule has 0 saturated heterocycles. The summed E-state index contributed by atoms with van der Waals surface area (Å²) in [5.41, 5.74) is -0.629. The molecule has 0 radical (unpaired) electrons. The fourth-order valence-corrected chi connectivity index (χ4v) is 2.97. The molecular formula is C14H24O4. The normalized spacial score (nSPS) is 27.3. The standard InChI is InChI=1S/C14H24O4/c1-5-17-13(16)14(9-10(2)3)8-6-7-12(14)18-11(4)15/h10,12H,5-9H2,1-4H3. The molecule has 4 heteroatoms. The van der Waals surface area contributed by atoms with E-state index in [1.807, 2.05) is 0 Å². The molecule has 0 aromatic rings. The van der Waals surface area contributed by atoms with Gasteiger partial charge in [-0.25, -0.2) is 0 Å². The summed E-state index contributed by atoms with van der Waals surface area (Å²) in [5, 5.41) is 0. The van der Waals surface area contributed by atoms with Crippen LogP contribution in [0.25, 0.3) is 0 Å². The molecule has 18 heavy (non-hydrogen) atoms. The van der Waals surface area contributed by atoms with Crippen molar-refractivity contribution in [3.8, 4) is 0 Å². The molecule has 1 rings (SSSR count). The number of hydrogen-bond donors (Lipinski definition) is 0. The number of carbonyl (C=O) groups excluding carboxylic acids is 2. The average Bonchev–Trinajstić information content (AvgIpc) is 2.61. The first-order valence-corrected chi connectivity index (χ1v) is 6.76. The first-order chi connectivity index (χ1) is 8.42. The van der Waals surface area contributed by atoms with Crippen molar-refractivity contribution in [2.24, 2.45) is 11.3 Å². The van der Waals surface area contributed by atoms with E-state index >= 15 is 0 Å². The van der Waals surface area contributed by atoms with Crippen molar-refractivity contribution < 1.29 is 19.1 Å². The number of carbonyl (C=O) groups is 2. The highest BCUT2D eigenvalue weighted by molar-refractivity contribution is 5.79. The summed E-state index contributed by atoms with van der Waals surface area (Å²) in [7, 11) is 0. The van der Waals surface area contributed by atoms with E-state index in [2.05, 4.69) is 13.8 Å². The van der Waals surface area contributed by atoms with Crippen molar-refractivity contribution in [1.29, 1.82) is 0 Å². The highest BCUT2D eigenvalue weighted by atomic mass is 16.6. The molecule has 0 bridgehead atoms. The van der Waals surface area contributed by atoms with Crippen LogP contribution in [-0.2, 0) is 19.1 Å². The smallest absolute Gasteiger partial charge is 0.315 e. The fourth-order valence-electron chi connectivity index (χ4n) is 2.97. The third-order valence-corrected chi connectivity index (χ3v) is 3.47. The second kappa shape index (κ2) is 6.21. The molecule has 0 spiro atoms. The molecule has 2 unspecified atom stereocenters. The fraction of sp³-hybridized carbons (Fsp3) is 0.857. The first kappa shape index (κ1) is 15.0. The summed E-state index contributed by atoms with van der Waals surface area (Å²) in [6.45, 7) is 7.71. The van der Waals surface area contributed by atoms with Crippen molar-refractivity contribution >= 4 is 11.9 Å². The Labute approximate surface area is 109 Å². The topological polar surface area (TPSA) is 52.6 Å². The van der Waals surface area contributed by atoms with Crippen LogP contribution in [0.4, 0.5) is 0 Å². The van der Waals surface area contributed by atoms with E-state index < -0.39 is 5.41 Å². The van der Waals surface area contributed by atoms with Gasteiger partial charge in [0.1, 0.15) is 11.5 Å². The Hall–Kier alpha value is -1.06. The van der Waals surface area contributed by atoms with Crippen LogP contribution in [0.1, 0.15) is 53.4 Å². The predicted octanol–water partition coefficient (Wildman–Crippen LogP) is 2.70. The van der Waals surface area contributed by atoms with Crippen molar-refractivity contribution in [3.63, 3.8) is 0 Å². The van der Waals surface area contributed by atoms with Gasteiger partial charge in [-0.05, 0) is 38.5 Å². The second-order valence-electron chi connectivity index (χ2n) is 5.46. The Balaban J connectivity index is 2.94. The summed E-state index contributed by atoms with van der Waals surface area (Å²) in [5.74, 6) is -0.160. The van der Waals surface area contributed by atoms with E-state index in [1.165, 1.54) is 6.92 Å². The molecule has 1 saturated carbocycles. The van der Waals surface area contributed by atoms with E-state index in [-0.39, 0.29) is 18.0 Å². The van der Waals surface area contributed by atoms with Gasteiger partial charge in [-0.15, -0.1) is 0 Å². The Morgan fingerprint density at radius 1 is 1.39 bits per heavy atom. The van der Waals surface area contributed by atoms with Crippen molar-refractivity contribution in [2.45, 2.75) is 59.5 Å². The van der Waals surface area contributed by atoms with Crippen LogP contribution >= 0.6 is 0 Å². The number of esters is 2. The minimum Gasteiger partial charge on any atom is -0.465 e. The summed E-state index contributed by atoms with van der Waals surface area (Å²) in [6, 6.07) is 0. The Bertz CT molecular complexity index is 311. The maximum absolute atomic E-state index is 12.3. The van der Waals surface area contributed by atoms with Crippen LogP contribution in [0.15, 0.2) is 0 Å². The molecule has 0 N–H and O–H groups in total. The molecule has 0 aromatic carbocycles. The van der Waals surface area contributed by atoms with Gasteiger partial charge in [0.2, 0.25) is 0 Å². The van der Waals surface area contributed by atoms with Gasteiger partial charge in [0.15, 0.2) is 0 Å². The zero-order chi connectivity index (χ0) is 13.8. The third kappa shape index (κ3) is 3.24. The molecule has 0 aromatic heterocycles. The quantitative estimate of drug-likeness (QED) is 0.710. The highest BCUT2D eigenvalue weighted by Gasteiger charge is 2.52. The molecule has 0 aliphatic heterocycles. The Kier molecular flexibility index (Phi) is 5.17. The van der Waals surface area contributed by atoms with E-state index in [4.69, 9.17) is 9.47 Å². The SMILES string of the molecule is CCOC(=O)C1(CC(C)C)CCCC1OC(C)=O. The van der Waals surface area contributed by atoms with Crippen LogP contribution in [-0.4, -0.2) is 24.6 Å². The lowest BCUT2D eigenvalue weighted by Crippen LogP contribution is -2.43. The van der Waals surface area contributed by atoms with Gasteiger partial charge in [-0.1, -0.05) is 13.8 Å². The molecule has 0 heterocycles. The predicted molar refractivity (Wildman–Crippen MR) is 67.9 cm³/mol. The molecule has 1 fully saturated rings. The van der Waals surface area contributed by atoms with Gasteiger partial charge in [0.05, 0.1) is 6.61 Å². The van der Waals surface area contributed by atoms with Gasteiger partial charge in [0.25, 0.3) is 0 Å². The van der Waals surface area contributed by atoms with E-state index in [9.17, 15) is 9.59 Å². The zero-order valence-corrected chi connectivity index (χ0v) is 11.8. The van der Waals surface area contributed by atoms with E-state index in [0.29, 0.717) is 18.9 Å². The summed E-state index contributed by atoms with van der Waals surface area (Å²) in [4.78, 5) is 23.5.